The largest absolute Gasteiger partial charge is 0.444 e. The van der Waals surface area contributed by atoms with Gasteiger partial charge < -0.3 is 19.9 Å². The zero-order valence-electron chi connectivity index (χ0n) is 13.8. The van der Waals surface area contributed by atoms with Gasteiger partial charge in [-0.2, -0.15) is 0 Å². The van der Waals surface area contributed by atoms with Gasteiger partial charge in [-0.25, -0.2) is 14.8 Å². The van der Waals surface area contributed by atoms with Crippen LogP contribution in [0.5, 0.6) is 0 Å². The molecule has 7 heteroatoms. The highest BCUT2D eigenvalue weighted by Gasteiger charge is 2.28. The Balaban J connectivity index is 1.69. The van der Waals surface area contributed by atoms with Crippen molar-refractivity contribution in [1.82, 2.24) is 20.3 Å². The van der Waals surface area contributed by atoms with Gasteiger partial charge in [0, 0.05) is 25.3 Å². The number of anilines is 1. The predicted molar refractivity (Wildman–Crippen MR) is 88.5 cm³/mol. The monoisotopic (exact) mass is 317 g/mol. The maximum absolute atomic E-state index is 11.8. The lowest BCUT2D eigenvalue weighted by molar-refractivity contribution is 0.0525. The van der Waals surface area contributed by atoms with Crippen LogP contribution < -0.4 is 10.2 Å². The van der Waals surface area contributed by atoms with Crippen molar-refractivity contribution in [3.63, 3.8) is 0 Å². The predicted octanol–water partition coefficient (Wildman–Crippen LogP) is 2.45. The summed E-state index contributed by atoms with van der Waals surface area (Å²) < 4.78 is 5.30. The van der Waals surface area contributed by atoms with Gasteiger partial charge in [0.25, 0.3) is 0 Å². The van der Waals surface area contributed by atoms with Gasteiger partial charge in [-0.3, -0.25) is 0 Å². The lowest BCUT2D eigenvalue weighted by Crippen LogP contribution is -2.42. The molecule has 2 aromatic rings. The molecule has 7 nitrogen and oxygen atoms in total. The lowest BCUT2D eigenvalue weighted by atomic mass is 10.2. The van der Waals surface area contributed by atoms with Crippen molar-refractivity contribution in [1.29, 1.82) is 0 Å². The zero-order chi connectivity index (χ0) is 16.4. The Morgan fingerprint density at radius 1 is 1.48 bits per heavy atom. The molecule has 0 radical (unpaired) electrons. The van der Waals surface area contributed by atoms with Gasteiger partial charge in [-0.1, -0.05) is 0 Å². The number of H-pyrrole nitrogens is 1. The summed E-state index contributed by atoms with van der Waals surface area (Å²) in [4.78, 5) is 25.9. The van der Waals surface area contributed by atoms with E-state index >= 15 is 0 Å². The second-order valence-corrected chi connectivity index (χ2v) is 6.81. The van der Waals surface area contributed by atoms with E-state index in [4.69, 9.17) is 4.74 Å². The Bertz CT molecular complexity index is 691. The second kappa shape index (κ2) is 6.06. The van der Waals surface area contributed by atoms with E-state index in [1.165, 1.54) is 0 Å². The number of carbonyl (C=O) groups is 1. The minimum Gasteiger partial charge on any atom is -0.444 e. The molecule has 2 aromatic heterocycles. The molecule has 1 fully saturated rings. The van der Waals surface area contributed by atoms with Crippen molar-refractivity contribution in [3.8, 4) is 0 Å². The number of nitrogens with one attached hydrogen (secondary N) is 2. The first-order chi connectivity index (χ1) is 10.9. The van der Waals surface area contributed by atoms with Gasteiger partial charge in [0.2, 0.25) is 0 Å². The van der Waals surface area contributed by atoms with Crippen molar-refractivity contribution >= 4 is 22.9 Å². The van der Waals surface area contributed by atoms with Crippen molar-refractivity contribution in [3.05, 3.63) is 18.6 Å². The van der Waals surface area contributed by atoms with E-state index in [2.05, 4.69) is 25.2 Å². The molecule has 1 aliphatic rings. The van der Waals surface area contributed by atoms with Crippen LogP contribution in [-0.2, 0) is 4.74 Å². The molecule has 0 aliphatic carbocycles. The van der Waals surface area contributed by atoms with Gasteiger partial charge in [0.1, 0.15) is 23.4 Å². The zero-order valence-corrected chi connectivity index (χ0v) is 13.8. The number of aromatic nitrogens is 3. The van der Waals surface area contributed by atoms with E-state index in [-0.39, 0.29) is 12.1 Å². The summed E-state index contributed by atoms with van der Waals surface area (Å²) in [7, 11) is 0. The Morgan fingerprint density at radius 2 is 2.30 bits per heavy atom. The van der Waals surface area contributed by atoms with Crippen LogP contribution in [0, 0.1) is 0 Å². The Morgan fingerprint density at radius 3 is 3.09 bits per heavy atom. The van der Waals surface area contributed by atoms with Crippen LogP contribution in [0.3, 0.4) is 0 Å². The highest BCUT2D eigenvalue weighted by molar-refractivity contribution is 5.87. The number of fused-ring (bicyclic) bond motifs is 1. The minimum absolute atomic E-state index is 0.218. The number of amides is 1. The third-order valence-corrected chi connectivity index (χ3v) is 3.86. The maximum atomic E-state index is 11.8. The van der Waals surface area contributed by atoms with E-state index in [9.17, 15) is 4.79 Å². The fourth-order valence-electron chi connectivity index (χ4n) is 2.93. The van der Waals surface area contributed by atoms with Gasteiger partial charge in [0.05, 0.1) is 5.39 Å². The number of alkyl carbamates (subject to hydrolysis) is 1. The molecule has 1 saturated heterocycles. The smallest absolute Gasteiger partial charge is 0.407 e. The second-order valence-electron chi connectivity index (χ2n) is 6.81. The van der Waals surface area contributed by atoms with Gasteiger partial charge in [0.15, 0.2) is 0 Å². The van der Waals surface area contributed by atoms with Crippen LogP contribution in [-0.4, -0.2) is 45.8 Å². The van der Waals surface area contributed by atoms with Gasteiger partial charge >= 0.3 is 6.09 Å². The van der Waals surface area contributed by atoms with Crippen LogP contribution in [0.25, 0.3) is 11.0 Å². The molecule has 0 saturated carbocycles. The number of hydrogen-bond donors (Lipinski definition) is 2. The SMILES string of the molecule is CC(C)(C)OC(=O)NCC1CCCN1c1ncnc2[nH]ccc12. The molecule has 3 rings (SSSR count). The Labute approximate surface area is 135 Å². The number of ether oxygens (including phenoxy) is 1. The summed E-state index contributed by atoms with van der Waals surface area (Å²) in [5.41, 5.74) is 0.351. The summed E-state index contributed by atoms with van der Waals surface area (Å²) in [5, 5.41) is 3.88. The summed E-state index contributed by atoms with van der Waals surface area (Å²) in [6, 6.07) is 2.21. The third-order valence-electron chi connectivity index (χ3n) is 3.86. The van der Waals surface area contributed by atoms with E-state index in [1.807, 2.05) is 33.0 Å². The van der Waals surface area contributed by atoms with E-state index in [1.54, 1.807) is 6.33 Å². The quantitative estimate of drug-likeness (QED) is 0.908. The average molecular weight is 317 g/mol. The topological polar surface area (TPSA) is 83.1 Å². The fourth-order valence-corrected chi connectivity index (χ4v) is 2.93. The van der Waals surface area contributed by atoms with Crippen molar-refractivity contribution in [2.75, 3.05) is 18.0 Å². The van der Waals surface area contributed by atoms with Crippen molar-refractivity contribution in [2.24, 2.45) is 0 Å². The maximum Gasteiger partial charge on any atom is 0.407 e. The molecule has 1 atom stereocenters. The Kier molecular flexibility index (Phi) is 4.11. The molecule has 1 amide bonds. The molecule has 124 valence electrons. The molecular weight excluding hydrogens is 294 g/mol. The summed E-state index contributed by atoms with van der Waals surface area (Å²) >= 11 is 0. The summed E-state index contributed by atoms with van der Waals surface area (Å²) in [6.07, 6.45) is 5.17. The number of rotatable bonds is 3. The molecule has 2 N–H and O–H groups in total. The first-order valence-electron chi connectivity index (χ1n) is 7.95. The summed E-state index contributed by atoms with van der Waals surface area (Å²) in [6.45, 7) is 7.05. The molecule has 23 heavy (non-hydrogen) atoms. The Hall–Kier alpha value is -2.31. The van der Waals surface area contributed by atoms with Crippen LogP contribution in [0.2, 0.25) is 0 Å². The molecule has 0 bridgehead atoms. The van der Waals surface area contributed by atoms with Crippen molar-refractivity contribution < 1.29 is 9.53 Å². The third kappa shape index (κ3) is 3.55. The van der Waals surface area contributed by atoms with Crippen LogP contribution in [0.15, 0.2) is 18.6 Å². The molecule has 3 heterocycles. The average Bonchev–Trinajstić information content (AvgIpc) is 3.11. The first-order valence-corrected chi connectivity index (χ1v) is 7.95. The molecular formula is C16H23N5O2. The standard InChI is InChI=1S/C16H23N5O2/c1-16(2,3)23-15(22)18-9-11-5-4-8-21(11)14-12-6-7-17-13(12)19-10-20-14/h6-7,10-11H,4-5,8-9H2,1-3H3,(H,18,22)(H,17,19,20). The van der Waals surface area contributed by atoms with E-state index < -0.39 is 5.60 Å². The first kappa shape index (κ1) is 15.6. The lowest BCUT2D eigenvalue weighted by Gasteiger charge is -2.27. The number of carbonyl (C=O) groups excluding carboxylic acids is 1. The number of aromatic amines is 1. The normalized spacial score (nSPS) is 18.4. The van der Waals surface area contributed by atoms with E-state index in [0.29, 0.717) is 6.54 Å². The molecule has 0 spiro atoms. The molecule has 1 unspecified atom stereocenters. The fraction of sp³-hybridized carbons (Fsp3) is 0.562. The van der Waals surface area contributed by atoms with Crippen molar-refractivity contribution in [2.45, 2.75) is 45.3 Å². The molecule has 0 aromatic carbocycles. The van der Waals surface area contributed by atoms with Crippen LogP contribution in [0.1, 0.15) is 33.6 Å². The highest BCUT2D eigenvalue weighted by atomic mass is 16.6. The van der Waals surface area contributed by atoms with Gasteiger partial charge in [-0.15, -0.1) is 0 Å². The van der Waals surface area contributed by atoms with Gasteiger partial charge in [-0.05, 0) is 39.7 Å². The van der Waals surface area contributed by atoms with E-state index in [0.717, 1.165) is 36.2 Å². The number of hydrogen-bond acceptors (Lipinski definition) is 5. The van der Waals surface area contributed by atoms with Crippen LogP contribution in [0.4, 0.5) is 10.6 Å². The molecule has 1 aliphatic heterocycles. The highest BCUT2D eigenvalue weighted by Crippen LogP contribution is 2.28. The minimum atomic E-state index is -0.483. The van der Waals surface area contributed by atoms with Crippen LogP contribution >= 0.6 is 0 Å². The number of nitrogens with zero attached hydrogens (tertiary/aromatic N) is 3. The summed E-state index contributed by atoms with van der Waals surface area (Å²) in [5.74, 6) is 0.921.